The molecule has 0 saturated carbocycles. The molecule has 1 atom stereocenters. The van der Waals surface area contributed by atoms with Crippen molar-refractivity contribution in [3.8, 4) is 0 Å². The van der Waals surface area contributed by atoms with E-state index in [0.29, 0.717) is 23.8 Å². The summed E-state index contributed by atoms with van der Waals surface area (Å²) in [6, 6.07) is 5.36. The zero-order chi connectivity index (χ0) is 14.5. The van der Waals surface area contributed by atoms with Crippen LogP contribution >= 0.6 is 0 Å². The van der Waals surface area contributed by atoms with E-state index in [1.165, 1.54) is 0 Å². The van der Waals surface area contributed by atoms with Gasteiger partial charge in [-0.25, -0.2) is 0 Å². The van der Waals surface area contributed by atoms with Gasteiger partial charge < -0.3 is 15.5 Å². The van der Waals surface area contributed by atoms with Crippen molar-refractivity contribution in [3.63, 3.8) is 0 Å². The summed E-state index contributed by atoms with van der Waals surface area (Å²) in [6.07, 6.45) is 1.14. The smallest absolute Gasteiger partial charge is 0.315 e. The monoisotopic (exact) mass is 278 g/mol. The van der Waals surface area contributed by atoms with Gasteiger partial charge in [0.25, 0.3) is 0 Å². The van der Waals surface area contributed by atoms with Crippen LogP contribution in [0.3, 0.4) is 0 Å². The molecule has 1 aliphatic rings. The van der Waals surface area contributed by atoms with Crippen LogP contribution in [0.15, 0.2) is 18.2 Å². The molecule has 1 unspecified atom stereocenters. The molecular formula is C14H22N4O2. The molecule has 0 amide bonds. The van der Waals surface area contributed by atoms with Gasteiger partial charge in [-0.3, -0.25) is 10.1 Å². The molecular weight excluding hydrogens is 256 g/mol. The quantitative estimate of drug-likeness (QED) is 0.617. The van der Waals surface area contributed by atoms with Gasteiger partial charge in [-0.1, -0.05) is 6.07 Å². The van der Waals surface area contributed by atoms with Crippen molar-refractivity contribution < 1.29 is 4.92 Å². The molecule has 1 fully saturated rings. The molecule has 0 spiro atoms. The Bertz CT molecular complexity index is 478. The number of nitro groups is 1. The maximum absolute atomic E-state index is 11.3. The lowest BCUT2D eigenvalue weighted by Crippen LogP contribution is -2.19. The summed E-state index contributed by atoms with van der Waals surface area (Å²) in [5.74, 6) is 0.558. The number of likely N-dealkylation sites (tertiary alicyclic amines) is 1. The molecule has 0 radical (unpaired) electrons. The lowest BCUT2D eigenvalue weighted by Gasteiger charge is -2.14. The third kappa shape index (κ3) is 3.39. The Morgan fingerprint density at radius 1 is 1.40 bits per heavy atom. The van der Waals surface area contributed by atoms with E-state index in [1.54, 1.807) is 12.1 Å². The first-order valence-electron chi connectivity index (χ1n) is 7.05. The maximum atomic E-state index is 11.3. The molecule has 0 aromatic heterocycles. The highest BCUT2D eigenvalue weighted by Gasteiger charge is 2.22. The van der Waals surface area contributed by atoms with Gasteiger partial charge in [0.1, 0.15) is 11.4 Å². The van der Waals surface area contributed by atoms with Crippen molar-refractivity contribution in [1.82, 2.24) is 4.90 Å². The molecule has 1 heterocycles. The van der Waals surface area contributed by atoms with Crippen LogP contribution in [0.1, 0.15) is 13.3 Å². The van der Waals surface area contributed by atoms with Crippen molar-refractivity contribution in [3.05, 3.63) is 28.3 Å². The highest BCUT2D eigenvalue weighted by atomic mass is 16.6. The minimum Gasteiger partial charge on any atom is -0.380 e. The van der Waals surface area contributed by atoms with Gasteiger partial charge in [0.2, 0.25) is 0 Å². The lowest BCUT2D eigenvalue weighted by atomic mass is 10.1. The fraction of sp³-hybridized carbons (Fsp3) is 0.571. The third-order valence-corrected chi connectivity index (χ3v) is 3.66. The minimum atomic E-state index is -0.318. The van der Waals surface area contributed by atoms with Gasteiger partial charge >= 0.3 is 5.69 Å². The van der Waals surface area contributed by atoms with Gasteiger partial charge in [-0.15, -0.1) is 0 Å². The first kappa shape index (κ1) is 14.6. The Morgan fingerprint density at radius 2 is 2.10 bits per heavy atom. The molecule has 0 bridgehead atoms. The molecule has 1 aromatic rings. The lowest BCUT2D eigenvalue weighted by molar-refractivity contribution is -0.383. The molecule has 2 rings (SSSR count). The Balaban J connectivity index is 2.10. The standard InChI is InChI=1S/C14H22N4O2/c1-3-15-12-5-4-6-13(14(12)18(19)20)16-9-11-7-8-17(2)10-11/h4-6,11,15-16H,3,7-10H2,1-2H3. The summed E-state index contributed by atoms with van der Waals surface area (Å²) in [4.78, 5) is 13.3. The number of hydrogen-bond acceptors (Lipinski definition) is 5. The van der Waals surface area contributed by atoms with Crippen LogP contribution in [0.4, 0.5) is 17.1 Å². The van der Waals surface area contributed by atoms with Crippen LogP contribution in [0.5, 0.6) is 0 Å². The predicted octanol–water partition coefficient (Wildman–Crippen LogP) is 2.39. The van der Waals surface area contributed by atoms with Crippen LogP contribution in [-0.2, 0) is 0 Å². The Labute approximate surface area is 119 Å². The number of nitrogens with one attached hydrogen (secondary N) is 2. The highest BCUT2D eigenvalue weighted by Crippen LogP contribution is 2.33. The number of nitro benzene ring substituents is 1. The van der Waals surface area contributed by atoms with Crippen molar-refractivity contribution in [2.24, 2.45) is 5.92 Å². The second-order valence-corrected chi connectivity index (χ2v) is 5.29. The number of anilines is 2. The maximum Gasteiger partial charge on any atom is 0.315 e. The number of rotatable bonds is 6. The fourth-order valence-corrected chi connectivity index (χ4v) is 2.66. The topological polar surface area (TPSA) is 70.4 Å². The van der Waals surface area contributed by atoms with Gasteiger partial charge in [0.15, 0.2) is 0 Å². The fourth-order valence-electron chi connectivity index (χ4n) is 2.66. The predicted molar refractivity (Wildman–Crippen MR) is 81.4 cm³/mol. The molecule has 2 N–H and O–H groups in total. The van der Waals surface area contributed by atoms with Gasteiger partial charge in [-0.05, 0) is 45.0 Å². The number of hydrogen-bond donors (Lipinski definition) is 2. The molecule has 1 aliphatic heterocycles. The summed E-state index contributed by atoms with van der Waals surface area (Å²) in [5, 5.41) is 17.6. The largest absolute Gasteiger partial charge is 0.380 e. The molecule has 110 valence electrons. The van der Waals surface area contributed by atoms with Crippen LogP contribution in [-0.4, -0.2) is 43.0 Å². The number of para-hydroxylation sites is 1. The van der Waals surface area contributed by atoms with Crippen LogP contribution in [0, 0.1) is 16.0 Å². The first-order valence-corrected chi connectivity index (χ1v) is 7.05. The van der Waals surface area contributed by atoms with Gasteiger partial charge in [-0.2, -0.15) is 0 Å². The molecule has 6 heteroatoms. The molecule has 6 nitrogen and oxygen atoms in total. The molecule has 1 saturated heterocycles. The van der Waals surface area contributed by atoms with E-state index in [-0.39, 0.29) is 10.6 Å². The summed E-state index contributed by atoms with van der Waals surface area (Å²) < 4.78 is 0. The zero-order valence-electron chi connectivity index (χ0n) is 12.1. The van der Waals surface area contributed by atoms with Crippen LogP contribution in [0.25, 0.3) is 0 Å². The average molecular weight is 278 g/mol. The number of nitrogens with zero attached hydrogens (tertiary/aromatic N) is 2. The zero-order valence-corrected chi connectivity index (χ0v) is 12.1. The van der Waals surface area contributed by atoms with E-state index >= 15 is 0 Å². The van der Waals surface area contributed by atoms with E-state index in [0.717, 1.165) is 26.1 Å². The van der Waals surface area contributed by atoms with Gasteiger partial charge in [0.05, 0.1) is 4.92 Å². The van der Waals surface area contributed by atoms with Gasteiger partial charge in [0, 0.05) is 19.6 Å². The van der Waals surface area contributed by atoms with Crippen LogP contribution in [0.2, 0.25) is 0 Å². The number of benzene rings is 1. The highest BCUT2D eigenvalue weighted by molar-refractivity contribution is 5.76. The first-order chi connectivity index (χ1) is 9.61. The van der Waals surface area contributed by atoms with Crippen molar-refractivity contribution in [2.45, 2.75) is 13.3 Å². The third-order valence-electron chi connectivity index (χ3n) is 3.66. The normalized spacial score (nSPS) is 19.0. The van der Waals surface area contributed by atoms with Crippen molar-refractivity contribution in [1.29, 1.82) is 0 Å². The Morgan fingerprint density at radius 3 is 2.65 bits per heavy atom. The van der Waals surface area contributed by atoms with E-state index < -0.39 is 0 Å². The van der Waals surface area contributed by atoms with E-state index in [2.05, 4.69) is 22.6 Å². The molecule has 20 heavy (non-hydrogen) atoms. The van der Waals surface area contributed by atoms with Crippen LogP contribution < -0.4 is 10.6 Å². The molecule has 0 aliphatic carbocycles. The van der Waals surface area contributed by atoms with E-state index in [9.17, 15) is 10.1 Å². The Kier molecular flexibility index (Phi) is 4.79. The Hall–Kier alpha value is -1.82. The molecule has 1 aromatic carbocycles. The van der Waals surface area contributed by atoms with E-state index in [1.807, 2.05) is 13.0 Å². The second kappa shape index (κ2) is 6.56. The average Bonchev–Trinajstić information content (AvgIpc) is 2.82. The van der Waals surface area contributed by atoms with E-state index in [4.69, 9.17) is 0 Å². The summed E-state index contributed by atoms with van der Waals surface area (Å²) in [7, 11) is 2.11. The van der Waals surface area contributed by atoms with Crippen molar-refractivity contribution >= 4 is 17.1 Å². The summed E-state index contributed by atoms with van der Waals surface area (Å²) in [6.45, 7) is 5.52. The minimum absolute atomic E-state index is 0.140. The SMILES string of the molecule is CCNc1cccc(NCC2CCN(C)C2)c1[N+](=O)[O-]. The second-order valence-electron chi connectivity index (χ2n) is 5.29. The summed E-state index contributed by atoms with van der Waals surface area (Å²) >= 11 is 0. The summed E-state index contributed by atoms with van der Waals surface area (Å²) in [5.41, 5.74) is 1.31. The van der Waals surface area contributed by atoms with Crippen molar-refractivity contribution in [2.75, 3.05) is 43.9 Å².